The molecule has 6 nitrogen and oxygen atoms in total. The van der Waals surface area contributed by atoms with Crippen molar-refractivity contribution in [2.45, 2.75) is 44.6 Å². The van der Waals surface area contributed by atoms with Crippen LogP contribution in [0.1, 0.15) is 48.9 Å². The number of hydrogen-bond acceptors (Lipinski definition) is 4. The summed E-state index contributed by atoms with van der Waals surface area (Å²) in [5, 5.41) is 19.7. The Morgan fingerprint density at radius 1 is 0.943 bits per heavy atom. The second kappa shape index (κ2) is 16.0. The van der Waals surface area contributed by atoms with E-state index in [4.69, 9.17) is 5.11 Å². The highest BCUT2D eigenvalue weighted by Gasteiger charge is 2.15. The van der Waals surface area contributed by atoms with Crippen molar-refractivity contribution in [1.82, 2.24) is 4.98 Å². The van der Waals surface area contributed by atoms with E-state index in [0.29, 0.717) is 24.1 Å². The molecule has 0 fully saturated rings. The molecule has 2 atom stereocenters. The lowest BCUT2D eigenvalue weighted by atomic mass is 9.90. The number of aromatic nitrogens is 1. The van der Waals surface area contributed by atoms with Crippen molar-refractivity contribution in [3.05, 3.63) is 114 Å². The molecule has 2 aromatic carbocycles. The molecule has 0 spiro atoms. The molecule has 0 aliphatic rings. The third-order valence-corrected chi connectivity index (χ3v) is 5.61. The first-order valence-electron chi connectivity index (χ1n) is 11.9. The first-order valence-corrected chi connectivity index (χ1v) is 11.9. The summed E-state index contributed by atoms with van der Waals surface area (Å²) in [6, 6.07) is 28.5. The minimum Gasteiger partial charge on any atom is -0.545 e. The lowest BCUT2D eigenvalue weighted by Gasteiger charge is -2.17. The number of quaternary nitrogens is 1. The van der Waals surface area contributed by atoms with E-state index >= 15 is 0 Å². The maximum absolute atomic E-state index is 9.53. The molecule has 3 N–H and O–H groups in total. The van der Waals surface area contributed by atoms with Crippen LogP contribution in [0, 0.1) is 0 Å². The van der Waals surface area contributed by atoms with Crippen LogP contribution in [-0.2, 0) is 16.0 Å². The Labute approximate surface area is 207 Å². The molecule has 1 aromatic heterocycles. The number of aryl methyl sites for hydroxylation is 1. The molecule has 0 aliphatic heterocycles. The minimum atomic E-state index is -1.51. The van der Waals surface area contributed by atoms with Gasteiger partial charge in [-0.3, -0.25) is 4.98 Å². The number of carboxylic acid groups (broad SMARTS) is 2. The largest absolute Gasteiger partial charge is 0.545 e. The van der Waals surface area contributed by atoms with Crippen molar-refractivity contribution in [1.29, 1.82) is 0 Å². The van der Waals surface area contributed by atoms with Crippen molar-refractivity contribution in [2.24, 2.45) is 0 Å². The van der Waals surface area contributed by atoms with Gasteiger partial charge in [0.1, 0.15) is 0 Å². The Hall–Kier alpha value is -3.77. The summed E-state index contributed by atoms with van der Waals surface area (Å²) in [7, 11) is 0. The molecule has 0 radical (unpaired) electrons. The van der Waals surface area contributed by atoms with Gasteiger partial charge in [-0.1, -0.05) is 66.7 Å². The van der Waals surface area contributed by atoms with Gasteiger partial charge < -0.3 is 20.3 Å². The summed E-state index contributed by atoms with van der Waals surface area (Å²) in [6.07, 6.45) is 7.58. The highest BCUT2D eigenvalue weighted by atomic mass is 16.4. The van der Waals surface area contributed by atoms with Crippen molar-refractivity contribution in [2.75, 3.05) is 6.54 Å². The maximum Gasteiger partial charge on any atom is 0.328 e. The standard InChI is InChI=1S/C25H30N2.C4H4O4/c1-21(17-18-22-11-4-2-5-12-22)26-20-10-15-24(23-13-6-3-7-14-23)25-16-8-9-19-27-25;5-3(6)1-2-4(7)8/h2-9,11-14,16,19,21,24,26H,10,15,17-18,20H2,1H3;1-2H,(H,5,6)(H,7,8)/b;2-1+. The predicted octanol–water partition coefficient (Wildman–Crippen LogP) is 2.96. The van der Waals surface area contributed by atoms with E-state index in [1.165, 1.54) is 42.6 Å². The lowest BCUT2D eigenvalue weighted by Crippen LogP contribution is -2.89. The SMILES string of the molecule is CC(CCc1ccccc1)[NH2+]CCCC(c1ccccc1)c1ccccn1.O=C([O-])/C=C/C(=O)O. The van der Waals surface area contributed by atoms with Crippen LogP contribution < -0.4 is 10.4 Å². The van der Waals surface area contributed by atoms with Crippen LogP contribution in [0.4, 0.5) is 0 Å². The van der Waals surface area contributed by atoms with Gasteiger partial charge in [-0.05, 0) is 55.5 Å². The summed E-state index contributed by atoms with van der Waals surface area (Å²) in [5.74, 6) is -2.41. The monoisotopic (exact) mass is 474 g/mol. The first kappa shape index (κ1) is 27.5. The van der Waals surface area contributed by atoms with Gasteiger partial charge in [-0.25, -0.2) is 4.79 Å². The van der Waals surface area contributed by atoms with E-state index in [1.807, 2.05) is 12.3 Å². The Balaban J connectivity index is 0.000000466. The van der Waals surface area contributed by atoms with Gasteiger partial charge in [0.25, 0.3) is 0 Å². The van der Waals surface area contributed by atoms with Crippen LogP contribution in [-0.4, -0.2) is 34.6 Å². The van der Waals surface area contributed by atoms with Crippen LogP contribution in [0.3, 0.4) is 0 Å². The number of carbonyl (C=O) groups excluding carboxylic acids is 1. The Morgan fingerprint density at radius 2 is 1.60 bits per heavy atom. The smallest absolute Gasteiger partial charge is 0.328 e. The number of nitrogens with zero attached hydrogens (tertiary/aromatic N) is 1. The molecule has 0 bridgehead atoms. The Kier molecular flexibility index (Phi) is 12.5. The molecule has 184 valence electrons. The van der Waals surface area contributed by atoms with Crippen LogP contribution in [0.15, 0.2) is 97.2 Å². The predicted molar refractivity (Wildman–Crippen MR) is 135 cm³/mol. The Bertz CT molecular complexity index is 969. The second-order valence-electron chi connectivity index (χ2n) is 8.38. The van der Waals surface area contributed by atoms with Gasteiger partial charge in [0.15, 0.2) is 0 Å². The van der Waals surface area contributed by atoms with E-state index < -0.39 is 11.9 Å². The average Bonchev–Trinajstić information content (AvgIpc) is 2.88. The zero-order valence-electron chi connectivity index (χ0n) is 20.1. The zero-order chi connectivity index (χ0) is 25.3. The molecular formula is C29H34N2O4. The first-order chi connectivity index (χ1) is 17.0. The zero-order valence-corrected chi connectivity index (χ0v) is 20.1. The number of hydrogen-bond donors (Lipinski definition) is 2. The fourth-order valence-electron chi connectivity index (χ4n) is 3.77. The van der Waals surface area contributed by atoms with Crippen molar-refractivity contribution >= 4 is 11.9 Å². The van der Waals surface area contributed by atoms with Gasteiger partial charge in [-0.15, -0.1) is 0 Å². The number of aliphatic carboxylic acids is 2. The number of nitrogens with two attached hydrogens (primary N) is 1. The fourth-order valence-corrected chi connectivity index (χ4v) is 3.77. The number of carboxylic acids is 2. The molecular weight excluding hydrogens is 440 g/mol. The summed E-state index contributed by atoms with van der Waals surface area (Å²) in [6.45, 7) is 3.52. The summed E-state index contributed by atoms with van der Waals surface area (Å²) >= 11 is 0. The molecule has 0 saturated carbocycles. The van der Waals surface area contributed by atoms with E-state index in [2.05, 4.69) is 90.0 Å². The summed E-state index contributed by atoms with van der Waals surface area (Å²) in [5.41, 5.74) is 3.99. The van der Waals surface area contributed by atoms with Gasteiger partial charge >= 0.3 is 5.97 Å². The lowest BCUT2D eigenvalue weighted by molar-refractivity contribution is -0.687. The van der Waals surface area contributed by atoms with Crippen molar-refractivity contribution in [3.63, 3.8) is 0 Å². The third-order valence-electron chi connectivity index (χ3n) is 5.61. The summed E-state index contributed by atoms with van der Waals surface area (Å²) in [4.78, 5) is 23.6. The van der Waals surface area contributed by atoms with Crippen LogP contribution >= 0.6 is 0 Å². The Morgan fingerprint density at radius 3 is 2.17 bits per heavy atom. The van der Waals surface area contributed by atoms with Crippen LogP contribution in [0.25, 0.3) is 0 Å². The van der Waals surface area contributed by atoms with E-state index in [0.717, 1.165) is 6.42 Å². The molecule has 6 heteroatoms. The van der Waals surface area contributed by atoms with Gasteiger partial charge in [-0.2, -0.15) is 0 Å². The topological polar surface area (TPSA) is 107 Å². The normalized spacial score (nSPS) is 12.4. The van der Waals surface area contributed by atoms with Gasteiger partial charge in [0.2, 0.25) is 0 Å². The van der Waals surface area contributed by atoms with Crippen LogP contribution in [0.5, 0.6) is 0 Å². The highest BCUT2D eigenvalue weighted by molar-refractivity contribution is 5.88. The quantitative estimate of drug-likeness (QED) is 0.310. The fraction of sp³-hybridized carbons (Fsp3) is 0.276. The molecule has 0 amide bonds. The number of pyridine rings is 1. The van der Waals surface area contributed by atoms with Crippen molar-refractivity contribution < 1.29 is 25.1 Å². The van der Waals surface area contributed by atoms with E-state index in [9.17, 15) is 14.7 Å². The van der Waals surface area contributed by atoms with Gasteiger partial charge in [0, 0.05) is 30.3 Å². The molecule has 3 rings (SSSR count). The highest BCUT2D eigenvalue weighted by Crippen LogP contribution is 2.27. The van der Waals surface area contributed by atoms with Crippen molar-refractivity contribution in [3.8, 4) is 0 Å². The number of carbonyl (C=O) groups is 2. The maximum atomic E-state index is 9.53. The molecule has 35 heavy (non-hydrogen) atoms. The molecule has 3 aromatic rings. The third kappa shape index (κ3) is 11.8. The van der Waals surface area contributed by atoms with E-state index in [1.54, 1.807) is 0 Å². The molecule has 0 saturated heterocycles. The number of rotatable bonds is 12. The second-order valence-corrected chi connectivity index (χ2v) is 8.38. The van der Waals surface area contributed by atoms with Gasteiger partial charge in [0.05, 0.1) is 18.6 Å². The molecule has 1 heterocycles. The molecule has 2 unspecified atom stereocenters. The molecule has 0 aliphatic carbocycles. The average molecular weight is 475 g/mol. The van der Waals surface area contributed by atoms with E-state index in [-0.39, 0.29) is 0 Å². The van der Waals surface area contributed by atoms with Crippen LogP contribution in [0.2, 0.25) is 0 Å². The minimum absolute atomic E-state index is 0.389. The number of benzene rings is 2. The summed E-state index contributed by atoms with van der Waals surface area (Å²) < 4.78 is 0.